The Hall–Kier alpha value is -2.54. The van der Waals surface area contributed by atoms with Crippen LogP contribution < -0.4 is 9.46 Å². The van der Waals surface area contributed by atoms with Crippen molar-refractivity contribution in [3.63, 3.8) is 0 Å². The number of unbranched alkanes of at least 4 members (excludes halogenated alkanes) is 7. The molecule has 1 heterocycles. The van der Waals surface area contributed by atoms with Gasteiger partial charge in [-0.05, 0) is 42.7 Å². The third-order valence-corrected chi connectivity index (χ3v) is 8.66. The van der Waals surface area contributed by atoms with Crippen LogP contribution in [-0.2, 0) is 40.1 Å². The van der Waals surface area contributed by atoms with Gasteiger partial charge in [0.25, 0.3) is 15.9 Å². The second-order valence-electron chi connectivity index (χ2n) is 11.0. The summed E-state index contributed by atoms with van der Waals surface area (Å²) in [5.74, 6) is -0.481. The number of carbonyl (C=O) groups is 1. The van der Waals surface area contributed by atoms with Crippen LogP contribution in [0.4, 0.5) is 0 Å². The number of aryl methyl sites for hydroxylation is 1. The number of ether oxygens (including phenoxy) is 6. The van der Waals surface area contributed by atoms with E-state index in [0.29, 0.717) is 52.9 Å². The van der Waals surface area contributed by atoms with Crippen molar-refractivity contribution in [3.05, 3.63) is 59.7 Å². The molecule has 1 amide bonds. The number of sulfonamides is 1. The Morgan fingerprint density at radius 3 is 2.04 bits per heavy atom. The van der Waals surface area contributed by atoms with Gasteiger partial charge >= 0.3 is 0 Å². The van der Waals surface area contributed by atoms with Crippen molar-refractivity contribution in [1.29, 1.82) is 0 Å². The van der Waals surface area contributed by atoms with Gasteiger partial charge in [0.2, 0.25) is 0 Å². The lowest BCUT2D eigenvalue weighted by molar-refractivity contribution is -0.0606. The second kappa shape index (κ2) is 22.1. The van der Waals surface area contributed by atoms with Gasteiger partial charge in [-0.2, -0.15) is 0 Å². The summed E-state index contributed by atoms with van der Waals surface area (Å²) in [7, 11) is -4.07. The Balaban J connectivity index is 1.66. The van der Waals surface area contributed by atoms with Crippen LogP contribution in [0.3, 0.4) is 0 Å². The standard InChI is InChI=1S/C34H51NO9S/c1-2-3-4-5-6-7-8-10-13-29-16-17-33(32(26-29)34(36)35-45(37,38)31-14-11-9-12-15-31)44-28-30-27-42-23-22-40-19-18-39-20-21-41-24-25-43-30/h9,11-12,14-17,26,30H,2-8,10,13,18-25,27-28H2,1H3,(H,35,36). The fourth-order valence-corrected chi connectivity index (χ4v) is 5.80. The highest BCUT2D eigenvalue weighted by atomic mass is 32.2. The minimum Gasteiger partial charge on any atom is -0.490 e. The molecule has 1 unspecified atom stereocenters. The molecule has 3 rings (SSSR count). The van der Waals surface area contributed by atoms with Crippen molar-refractivity contribution in [2.45, 2.75) is 75.7 Å². The van der Waals surface area contributed by atoms with Gasteiger partial charge in [0.05, 0.1) is 69.9 Å². The van der Waals surface area contributed by atoms with E-state index < -0.39 is 22.0 Å². The average molecular weight is 650 g/mol. The van der Waals surface area contributed by atoms with Gasteiger partial charge in [-0.25, -0.2) is 13.1 Å². The van der Waals surface area contributed by atoms with Gasteiger partial charge in [0.1, 0.15) is 18.5 Å². The van der Waals surface area contributed by atoms with Gasteiger partial charge in [-0.1, -0.05) is 76.1 Å². The minimum absolute atomic E-state index is 0.00893. The van der Waals surface area contributed by atoms with Crippen molar-refractivity contribution in [1.82, 2.24) is 4.72 Å². The average Bonchev–Trinajstić information content (AvgIpc) is 3.05. The highest BCUT2D eigenvalue weighted by Gasteiger charge is 2.22. The zero-order valence-electron chi connectivity index (χ0n) is 26.7. The minimum atomic E-state index is -4.07. The summed E-state index contributed by atoms with van der Waals surface area (Å²) in [6.45, 7) is 5.99. The molecule has 10 nitrogen and oxygen atoms in total. The second-order valence-corrected chi connectivity index (χ2v) is 12.7. The van der Waals surface area contributed by atoms with Gasteiger partial charge in [0.15, 0.2) is 0 Å². The van der Waals surface area contributed by atoms with Crippen LogP contribution in [0.15, 0.2) is 53.4 Å². The molecule has 1 saturated heterocycles. The molecule has 1 aliphatic rings. The lowest BCUT2D eigenvalue weighted by atomic mass is 10.0. The molecule has 0 aromatic heterocycles. The first-order valence-corrected chi connectivity index (χ1v) is 17.8. The first-order valence-electron chi connectivity index (χ1n) is 16.3. The van der Waals surface area contributed by atoms with E-state index in [9.17, 15) is 13.2 Å². The van der Waals surface area contributed by atoms with E-state index in [-0.39, 0.29) is 29.4 Å². The van der Waals surface area contributed by atoms with Crippen molar-refractivity contribution in [3.8, 4) is 5.75 Å². The highest BCUT2D eigenvalue weighted by molar-refractivity contribution is 7.90. The number of rotatable bonds is 15. The van der Waals surface area contributed by atoms with E-state index in [1.54, 1.807) is 30.3 Å². The fraction of sp³-hybridized carbons (Fsp3) is 0.618. The van der Waals surface area contributed by atoms with E-state index in [1.807, 2.05) is 6.07 Å². The summed E-state index contributed by atoms with van der Waals surface area (Å²) in [4.78, 5) is 13.4. The molecule has 45 heavy (non-hydrogen) atoms. The van der Waals surface area contributed by atoms with Crippen LogP contribution in [0, 0.1) is 0 Å². The number of carbonyl (C=O) groups excluding carboxylic acids is 1. The van der Waals surface area contributed by atoms with E-state index in [4.69, 9.17) is 28.4 Å². The Morgan fingerprint density at radius 2 is 1.38 bits per heavy atom. The SMILES string of the molecule is CCCCCCCCCCc1ccc(OCC2COCCOCCOCCOCCO2)c(C(=O)NS(=O)(=O)c2ccccc2)c1. The number of nitrogens with one attached hydrogen (secondary N) is 1. The molecule has 252 valence electrons. The topological polar surface area (TPSA) is 119 Å². The number of amides is 1. The Bertz CT molecular complexity index is 1180. The molecule has 1 N–H and O–H groups in total. The smallest absolute Gasteiger partial charge is 0.268 e. The monoisotopic (exact) mass is 649 g/mol. The van der Waals surface area contributed by atoms with Crippen LogP contribution in [-0.4, -0.2) is 86.5 Å². The highest BCUT2D eigenvalue weighted by Crippen LogP contribution is 2.23. The molecule has 2 aromatic rings. The van der Waals surface area contributed by atoms with Gasteiger partial charge in [-0.15, -0.1) is 0 Å². The first kappa shape index (κ1) is 36.9. The predicted octanol–water partition coefficient (Wildman–Crippen LogP) is 5.33. The van der Waals surface area contributed by atoms with Crippen LogP contribution in [0.1, 0.15) is 74.2 Å². The normalized spacial score (nSPS) is 17.6. The van der Waals surface area contributed by atoms with Crippen LogP contribution in [0.2, 0.25) is 0 Å². The van der Waals surface area contributed by atoms with Crippen LogP contribution in [0.5, 0.6) is 5.75 Å². The quantitative estimate of drug-likeness (QED) is 0.255. The van der Waals surface area contributed by atoms with Crippen molar-refractivity contribution < 1.29 is 41.6 Å². The van der Waals surface area contributed by atoms with E-state index in [2.05, 4.69) is 11.6 Å². The van der Waals surface area contributed by atoms with Crippen LogP contribution in [0.25, 0.3) is 0 Å². The summed E-state index contributed by atoms with van der Waals surface area (Å²) in [5.41, 5.74) is 1.10. The maximum absolute atomic E-state index is 13.4. The maximum Gasteiger partial charge on any atom is 0.268 e. The maximum atomic E-state index is 13.4. The number of hydrogen-bond donors (Lipinski definition) is 1. The molecule has 11 heteroatoms. The van der Waals surface area contributed by atoms with Crippen molar-refractivity contribution in [2.24, 2.45) is 0 Å². The molecule has 0 spiro atoms. The molecular weight excluding hydrogens is 598 g/mol. The zero-order valence-corrected chi connectivity index (χ0v) is 27.5. The number of benzene rings is 2. The van der Waals surface area contributed by atoms with Gasteiger partial charge < -0.3 is 28.4 Å². The molecule has 1 fully saturated rings. The lowest BCUT2D eigenvalue weighted by Gasteiger charge is -2.20. The summed E-state index contributed by atoms with van der Waals surface area (Å²) >= 11 is 0. The third kappa shape index (κ3) is 15.1. The number of hydrogen-bond acceptors (Lipinski definition) is 9. The lowest BCUT2D eigenvalue weighted by Crippen LogP contribution is -2.32. The Morgan fingerprint density at radius 1 is 0.778 bits per heavy atom. The molecule has 0 aliphatic carbocycles. The first-order chi connectivity index (χ1) is 22.0. The summed E-state index contributed by atoms with van der Waals surface area (Å²) in [5, 5.41) is 0. The molecule has 2 aromatic carbocycles. The molecule has 1 aliphatic heterocycles. The molecule has 0 radical (unpaired) electrons. The Kier molecular flexibility index (Phi) is 18.1. The van der Waals surface area contributed by atoms with Gasteiger partial charge in [0, 0.05) is 0 Å². The summed E-state index contributed by atoms with van der Waals surface area (Å²) in [6, 6.07) is 13.2. The van der Waals surface area contributed by atoms with Gasteiger partial charge in [-0.3, -0.25) is 4.79 Å². The van der Waals surface area contributed by atoms with E-state index in [0.717, 1.165) is 24.8 Å². The van der Waals surface area contributed by atoms with Crippen LogP contribution >= 0.6 is 0 Å². The molecule has 1 atom stereocenters. The Labute approximate surface area is 269 Å². The van der Waals surface area contributed by atoms with Crippen molar-refractivity contribution >= 4 is 15.9 Å². The summed E-state index contributed by atoms with van der Waals surface area (Å²) in [6.07, 6.45) is 9.94. The fourth-order valence-electron chi connectivity index (χ4n) is 4.81. The summed E-state index contributed by atoms with van der Waals surface area (Å²) < 4.78 is 62.4. The van der Waals surface area contributed by atoms with E-state index >= 15 is 0 Å². The van der Waals surface area contributed by atoms with E-state index in [1.165, 1.54) is 50.7 Å². The third-order valence-electron chi connectivity index (χ3n) is 7.31. The molecule has 0 bridgehead atoms. The van der Waals surface area contributed by atoms with Crippen molar-refractivity contribution in [2.75, 3.05) is 66.1 Å². The zero-order chi connectivity index (χ0) is 32.0. The molecular formula is C34H51NO9S. The largest absolute Gasteiger partial charge is 0.490 e. The predicted molar refractivity (Wildman–Crippen MR) is 172 cm³/mol. The molecule has 0 saturated carbocycles.